The van der Waals surface area contributed by atoms with Crippen molar-refractivity contribution in [3.63, 3.8) is 0 Å². The van der Waals surface area contributed by atoms with Gasteiger partial charge in [0.25, 0.3) is 5.91 Å². The second-order valence-corrected chi connectivity index (χ2v) is 7.04. The molecule has 1 aromatic rings. The maximum absolute atomic E-state index is 12.5. The fraction of sp³-hybridized carbons (Fsp3) is 0.500. The lowest BCUT2D eigenvalue weighted by atomic mass is 10.1. The Morgan fingerprint density at radius 1 is 1.25 bits per heavy atom. The summed E-state index contributed by atoms with van der Waals surface area (Å²) in [5.74, 6) is -2.04. The SMILES string of the molecule is CNC(=O)c1cc(S(=O)(=O)NC)ccc1NCCC(C)C(F)(F)F. The summed E-state index contributed by atoms with van der Waals surface area (Å²) in [5.41, 5.74) is 0.298. The van der Waals surface area contributed by atoms with Gasteiger partial charge >= 0.3 is 6.18 Å². The van der Waals surface area contributed by atoms with Gasteiger partial charge in [-0.2, -0.15) is 13.2 Å². The fourth-order valence-corrected chi connectivity index (χ4v) is 2.63. The molecule has 0 saturated carbocycles. The molecule has 0 saturated heterocycles. The van der Waals surface area contributed by atoms with Crippen molar-refractivity contribution in [2.75, 3.05) is 26.0 Å². The average molecular weight is 367 g/mol. The highest BCUT2D eigenvalue weighted by molar-refractivity contribution is 7.89. The van der Waals surface area contributed by atoms with Crippen molar-refractivity contribution in [2.24, 2.45) is 5.92 Å². The molecule has 0 spiro atoms. The minimum absolute atomic E-state index is 0.0111. The topological polar surface area (TPSA) is 87.3 Å². The van der Waals surface area contributed by atoms with Crippen LogP contribution in [0.3, 0.4) is 0 Å². The molecule has 10 heteroatoms. The molecule has 1 aromatic carbocycles. The molecular formula is C14H20F3N3O3S. The molecule has 6 nitrogen and oxygen atoms in total. The number of amides is 1. The number of nitrogens with one attached hydrogen (secondary N) is 3. The Morgan fingerprint density at radius 2 is 1.88 bits per heavy atom. The zero-order valence-electron chi connectivity index (χ0n) is 13.5. The van der Waals surface area contributed by atoms with E-state index in [-0.39, 0.29) is 29.1 Å². The number of alkyl halides is 3. The number of anilines is 1. The smallest absolute Gasteiger partial charge is 0.384 e. The Kier molecular flexibility index (Phi) is 6.61. The van der Waals surface area contributed by atoms with Crippen LogP contribution in [-0.4, -0.2) is 41.1 Å². The number of carbonyl (C=O) groups excluding carboxylic acids is 1. The number of benzene rings is 1. The quantitative estimate of drug-likeness (QED) is 0.688. The van der Waals surface area contributed by atoms with Crippen LogP contribution in [0.1, 0.15) is 23.7 Å². The third-order valence-electron chi connectivity index (χ3n) is 3.49. The molecular weight excluding hydrogens is 347 g/mol. The molecule has 1 amide bonds. The van der Waals surface area contributed by atoms with Crippen molar-refractivity contribution in [1.82, 2.24) is 10.0 Å². The van der Waals surface area contributed by atoms with Crippen LogP contribution >= 0.6 is 0 Å². The normalized spacial score (nSPS) is 13.4. The molecule has 136 valence electrons. The Bertz CT molecular complexity index is 690. The van der Waals surface area contributed by atoms with Crippen LogP contribution in [0.4, 0.5) is 18.9 Å². The van der Waals surface area contributed by atoms with Gasteiger partial charge in [-0.1, -0.05) is 6.92 Å². The van der Waals surface area contributed by atoms with Gasteiger partial charge in [-0.25, -0.2) is 13.1 Å². The first-order valence-corrected chi connectivity index (χ1v) is 8.61. The van der Waals surface area contributed by atoms with E-state index in [0.29, 0.717) is 0 Å². The first-order chi connectivity index (χ1) is 11.0. The van der Waals surface area contributed by atoms with Gasteiger partial charge in [0.2, 0.25) is 10.0 Å². The summed E-state index contributed by atoms with van der Waals surface area (Å²) in [4.78, 5) is 11.8. The van der Waals surface area contributed by atoms with E-state index >= 15 is 0 Å². The lowest BCUT2D eigenvalue weighted by molar-refractivity contribution is -0.170. The molecule has 1 rings (SSSR count). The number of halogens is 3. The number of rotatable bonds is 7. The van der Waals surface area contributed by atoms with Crippen LogP contribution in [0.2, 0.25) is 0 Å². The van der Waals surface area contributed by atoms with Crippen LogP contribution in [0.5, 0.6) is 0 Å². The second-order valence-electron chi connectivity index (χ2n) is 5.15. The molecule has 0 aliphatic rings. The van der Waals surface area contributed by atoms with E-state index in [1.165, 1.54) is 32.3 Å². The van der Waals surface area contributed by atoms with E-state index in [2.05, 4.69) is 15.4 Å². The Hall–Kier alpha value is -1.81. The van der Waals surface area contributed by atoms with Crippen LogP contribution in [0.15, 0.2) is 23.1 Å². The van der Waals surface area contributed by atoms with Gasteiger partial charge in [0.15, 0.2) is 0 Å². The minimum atomic E-state index is -4.28. The molecule has 0 aliphatic carbocycles. The van der Waals surface area contributed by atoms with Gasteiger partial charge in [-0.05, 0) is 31.7 Å². The lowest BCUT2D eigenvalue weighted by Gasteiger charge is -2.17. The highest BCUT2D eigenvalue weighted by atomic mass is 32.2. The van der Waals surface area contributed by atoms with Crippen LogP contribution in [-0.2, 0) is 10.0 Å². The van der Waals surface area contributed by atoms with Gasteiger partial charge in [-0.3, -0.25) is 4.79 Å². The van der Waals surface area contributed by atoms with Crippen LogP contribution in [0, 0.1) is 5.92 Å². The summed E-state index contributed by atoms with van der Waals surface area (Å²) < 4.78 is 63.2. The van der Waals surface area contributed by atoms with Crippen molar-refractivity contribution >= 4 is 21.6 Å². The van der Waals surface area contributed by atoms with Gasteiger partial charge in [-0.15, -0.1) is 0 Å². The molecule has 24 heavy (non-hydrogen) atoms. The molecule has 0 fully saturated rings. The highest BCUT2D eigenvalue weighted by Crippen LogP contribution is 2.28. The molecule has 1 unspecified atom stereocenters. The van der Waals surface area contributed by atoms with E-state index in [9.17, 15) is 26.4 Å². The summed E-state index contributed by atoms with van der Waals surface area (Å²) in [6, 6.07) is 3.79. The molecule has 0 aliphatic heterocycles. The van der Waals surface area contributed by atoms with Crippen molar-refractivity contribution in [2.45, 2.75) is 24.4 Å². The van der Waals surface area contributed by atoms with Gasteiger partial charge in [0.1, 0.15) is 0 Å². The van der Waals surface area contributed by atoms with Crippen molar-refractivity contribution < 1.29 is 26.4 Å². The first kappa shape index (κ1) is 20.2. The Morgan fingerprint density at radius 3 is 2.38 bits per heavy atom. The summed E-state index contributed by atoms with van der Waals surface area (Å²) >= 11 is 0. The molecule has 0 heterocycles. The zero-order chi connectivity index (χ0) is 18.5. The molecule has 1 atom stereocenters. The third kappa shape index (κ3) is 5.10. The van der Waals surface area contributed by atoms with Gasteiger partial charge < -0.3 is 10.6 Å². The first-order valence-electron chi connectivity index (χ1n) is 7.13. The van der Waals surface area contributed by atoms with E-state index in [1.807, 2.05) is 0 Å². The monoisotopic (exact) mass is 367 g/mol. The van der Waals surface area contributed by atoms with Gasteiger partial charge in [0.05, 0.1) is 16.4 Å². The summed E-state index contributed by atoms with van der Waals surface area (Å²) in [7, 11) is -1.13. The summed E-state index contributed by atoms with van der Waals surface area (Å²) in [6.45, 7) is 1.06. The number of hydrogen-bond donors (Lipinski definition) is 3. The van der Waals surface area contributed by atoms with E-state index < -0.39 is 28.0 Å². The molecule has 0 aromatic heterocycles. The number of hydrogen-bond acceptors (Lipinski definition) is 4. The van der Waals surface area contributed by atoms with E-state index in [1.54, 1.807) is 0 Å². The molecule has 0 bridgehead atoms. The number of carbonyl (C=O) groups is 1. The maximum atomic E-state index is 12.5. The van der Waals surface area contributed by atoms with Crippen molar-refractivity contribution in [3.8, 4) is 0 Å². The average Bonchev–Trinajstić information content (AvgIpc) is 2.53. The number of sulfonamides is 1. The standard InChI is InChI=1S/C14H20F3N3O3S/c1-9(14(15,16)17)6-7-20-12-5-4-10(24(22,23)19-3)8-11(12)13(21)18-2/h4-5,8-9,19-20H,6-7H2,1-3H3,(H,18,21). The molecule has 0 radical (unpaired) electrons. The lowest BCUT2D eigenvalue weighted by Crippen LogP contribution is -2.24. The van der Waals surface area contributed by atoms with Crippen LogP contribution in [0.25, 0.3) is 0 Å². The minimum Gasteiger partial charge on any atom is -0.384 e. The second kappa shape index (κ2) is 7.84. The van der Waals surface area contributed by atoms with Crippen molar-refractivity contribution in [3.05, 3.63) is 23.8 Å². The van der Waals surface area contributed by atoms with Crippen molar-refractivity contribution in [1.29, 1.82) is 0 Å². The van der Waals surface area contributed by atoms with Crippen LogP contribution < -0.4 is 15.4 Å². The fourth-order valence-electron chi connectivity index (χ4n) is 1.87. The Balaban J connectivity index is 3.00. The van der Waals surface area contributed by atoms with Gasteiger partial charge in [0, 0.05) is 19.3 Å². The Labute approximate surface area is 138 Å². The molecule has 3 N–H and O–H groups in total. The zero-order valence-corrected chi connectivity index (χ0v) is 14.3. The summed E-state index contributed by atoms with van der Waals surface area (Å²) in [6.07, 6.45) is -4.46. The third-order valence-corrected chi connectivity index (χ3v) is 4.91. The predicted octanol–water partition coefficient (Wildman–Crippen LogP) is 1.95. The predicted molar refractivity (Wildman–Crippen MR) is 84.4 cm³/mol. The summed E-state index contributed by atoms with van der Waals surface area (Å²) in [5, 5.41) is 5.12. The van der Waals surface area contributed by atoms with E-state index in [0.717, 1.165) is 6.92 Å². The van der Waals surface area contributed by atoms with E-state index in [4.69, 9.17) is 0 Å². The highest BCUT2D eigenvalue weighted by Gasteiger charge is 2.35. The largest absolute Gasteiger partial charge is 0.391 e. The maximum Gasteiger partial charge on any atom is 0.391 e.